The Morgan fingerprint density at radius 1 is 0.268 bits per heavy atom. The molecule has 0 spiro atoms. The Bertz CT molecular complexity index is 3200. The maximum atomic E-state index is 6.59. The molecule has 0 amide bonds. The highest BCUT2D eigenvalue weighted by molar-refractivity contribution is 6.13. The molecule has 11 aromatic rings. The lowest BCUT2D eigenvalue weighted by Crippen LogP contribution is -2.11. The third-order valence-corrected chi connectivity index (χ3v) is 10.9. The average Bonchev–Trinajstić information content (AvgIpc) is 3.85. The quantitative estimate of drug-likeness (QED) is 0.164. The van der Waals surface area contributed by atoms with Gasteiger partial charge >= 0.3 is 0 Å². The maximum Gasteiger partial charge on any atom is 0.159 e. The van der Waals surface area contributed by atoms with E-state index in [2.05, 4.69) is 192 Å². The highest BCUT2D eigenvalue weighted by Crippen LogP contribution is 2.47. The number of hydrogen-bond acceptors (Lipinski definition) is 4. The summed E-state index contributed by atoms with van der Waals surface area (Å²) in [6.07, 6.45) is 0. The second-order valence-electron chi connectivity index (χ2n) is 14.1. The van der Waals surface area contributed by atoms with Crippen LogP contribution in [0.5, 0.6) is 0 Å². The molecule has 0 aliphatic heterocycles. The van der Waals surface area contributed by atoms with Crippen molar-refractivity contribution in [2.45, 2.75) is 0 Å². The molecule has 0 radical (unpaired) electrons. The number of fused-ring (bicyclic) bond motifs is 7. The second-order valence-corrected chi connectivity index (χ2v) is 14.1. The molecule has 0 aliphatic carbocycles. The molecule has 0 fully saturated rings. The zero-order valence-corrected chi connectivity index (χ0v) is 30.3. The molecule has 4 heteroatoms. The molecule has 2 aromatic heterocycles. The number of para-hydroxylation sites is 6. The Balaban J connectivity index is 1.05. The number of rotatable bonds is 7. The van der Waals surface area contributed by atoms with E-state index in [4.69, 9.17) is 8.83 Å². The van der Waals surface area contributed by atoms with Crippen molar-refractivity contribution < 1.29 is 8.83 Å². The minimum atomic E-state index is 0.864. The maximum absolute atomic E-state index is 6.59. The predicted molar refractivity (Wildman–Crippen MR) is 233 cm³/mol. The zero-order chi connectivity index (χ0) is 37.0. The van der Waals surface area contributed by atoms with E-state index in [0.717, 1.165) is 94.5 Å². The van der Waals surface area contributed by atoms with Crippen molar-refractivity contribution in [3.05, 3.63) is 206 Å². The van der Waals surface area contributed by atoms with E-state index in [-0.39, 0.29) is 0 Å². The van der Waals surface area contributed by atoms with E-state index >= 15 is 0 Å². The predicted octanol–water partition coefficient (Wildman–Crippen LogP) is 15.2. The van der Waals surface area contributed by atoms with Gasteiger partial charge in [-0.25, -0.2) is 0 Å². The Labute approximate surface area is 323 Å². The third kappa shape index (κ3) is 5.15. The second kappa shape index (κ2) is 13.1. The lowest BCUT2D eigenvalue weighted by Gasteiger charge is -2.27. The molecule has 0 aliphatic rings. The summed E-state index contributed by atoms with van der Waals surface area (Å²) < 4.78 is 13.1. The average molecular weight is 719 g/mol. The van der Waals surface area contributed by atoms with Crippen LogP contribution < -0.4 is 9.80 Å². The van der Waals surface area contributed by atoms with E-state index in [1.54, 1.807) is 0 Å². The smallest absolute Gasteiger partial charge is 0.159 e. The van der Waals surface area contributed by atoms with Crippen LogP contribution in [0, 0.1) is 0 Å². The van der Waals surface area contributed by atoms with Crippen molar-refractivity contribution in [1.29, 1.82) is 0 Å². The molecule has 4 nitrogen and oxygen atoms in total. The van der Waals surface area contributed by atoms with Gasteiger partial charge in [0.15, 0.2) is 11.2 Å². The summed E-state index contributed by atoms with van der Waals surface area (Å²) in [4.78, 5) is 4.61. The van der Waals surface area contributed by atoms with Gasteiger partial charge in [-0.1, -0.05) is 140 Å². The van der Waals surface area contributed by atoms with Crippen molar-refractivity contribution >= 4 is 88.8 Å². The summed E-state index contributed by atoms with van der Waals surface area (Å²) in [6.45, 7) is 0. The fraction of sp³-hybridized carbons (Fsp3) is 0. The highest BCUT2D eigenvalue weighted by atomic mass is 16.3. The Morgan fingerprint density at radius 3 is 1.30 bits per heavy atom. The van der Waals surface area contributed by atoms with Crippen LogP contribution >= 0.6 is 0 Å². The van der Waals surface area contributed by atoms with Gasteiger partial charge < -0.3 is 18.6 Å². The summed E-state index contributed by atoms with van der Waals surface area (Å²) in [5.41, 5.74) is 12.0. The Kier molecular flexibility index (Phi) is 7.46. The van der Waals surface area contributed by atoms with Crippen LogP contribution in [0.2, 0.25) is 0 Å². The van der Waals surface area contributed by atoms with Gasteiger partial charge in [0.2, 0.25) is 0 Å². The largest absolute Gasteiger partial charge is 0.454 e. The van der Waals surface area contributed by atoms with Gasteiger partial charge in [-0.2, -0.15) is 0 Å². The van der Waals surface area contributed by atoms with Crippen LogP contribution in [0.15, 0.2) is 215 Å². The fourth-order valence-electron chi connectivity index (χ4n) is 8.33. The topological polar surface area (TPSA) is 32.8 Å². The van der Waals surface area contributed by atoms with Gasteiger partial charge in [-0.3, -0.25) is 0 Å². The SMILES string of the molecule is c1ccc(N(c2ccc(-c3ccc(N(c4ccccc4)c4cccc5c4oc4ccccc45)c4ccccc34)cc2)c2cccc3c2oc2ccccc23)cc1. The van der Waals surface area contributed by atoms with Crippen molar-refractivity contribution in [2.75, 3.05) is 9.80 Å². The number of benzene rings is 9. The lowest BCUT2D eigenvalue weighted by atomic mass is 9.96. The summed E-state index contributed by atoms with van der Waals surface area (Å²) in [5, 5.41) is 6.74. The summed E-state index contributed by atoms with van der Waals surface area (Å²) in [6, 6.07) is 72.5. The summed E-state index contributed by atoms with van der Waals surface area (Å²) in [7, 11) is 0. The molecule has 0 atom stereocenters. The van der Waals surface area contributed by atoms with Crippen LogP contribution in [0.4, 0.5) is 34.1 Å². The van der Waals surface area contributed by atoms with Crippen LogP contribution in [0.25, 0.3) is 65.8 Å². The van der Waals surface area contributed by atoms with Crippen LogP contribution in [0.1, 0.15) is 0 Å². The van der Waals surface area contributed by atoms with Gasteiger partial charge in [-0.05, 0) is 83.2 Å². The van der Waals surface area contributed by atoms with Gasteiger partial charge in [0, 0.05) is 44.0 Å². The van der Waals surface area contributed by atoms with Crippen LogP contribution in [-0.2, 0) is 0 Å². The van der Waals surface area contributed by atoms with E-state index in [9.17, 15) is 0 Å². The molecule has 56 heavy (non-hydrogen) atoms. The minimum Gasteiger partial charge on any atom is -0.454 e. The minimum absolute atomic E-state index is 0.864. The number of nitrogens with zero attached hydrogens (tertiary/aromatic N) is 2. The number of hydrogen-bond donors (Lipinski definition) is 0. The zero-order valence-electron chi connectivity index (χ0n) is 30.3. The first-order valence-electron chi connectivity index (χ1n) is 18.9. The molecular weight excluding hydrogens is 685 g/mol. The van der Waals surface area contributed by atoms with Crippen molar-refractivity contribution in [3.63, 3.8) is 0 Å². The van der Waals surface area contributed by atoms with E-state index < -0.39 is 0 Å². The fourth-order valence-corrected chi connectivity index (χ4v) is 8.33. The molecule has 9 aromatic carbocycles. The molecule has 0 unspecified atom stereocenters. The van der Waals surface area contributed by atoms with Gasteiger partial charge in [0.1, 0.15) is 11.2 Å². The lowest BCUT2D eigenvalue weighted by molar-refractivity contribution is 0.668. The molecule has 0 saturated carbocycles. The first-order valence-corrected chi connectivity index (χ1v) is 18.9. The van der Waals surface area contributed by atoms with Gasteiger partial charge in [-0.15, -0.1) is 0 Å². The molecule has 11 rings (SSSR count). The van der Waals surface area contributed by atoms with Gasteiger partial charge in [0.25, 0.3) is 0 Å². The van der Waals surface area contributed by atoms with E-state index in [1.807, 2.05) is 24.3 Å². The van der Waals surface area contributed by atoms with Gasteiger partial charge in [0.05, 0.1) is 17.1 Å². The molecule has 0 bridgehead atoms. The monoisotopic (exact) mass is 718 g/mol. The van der Waals surface area contributed by atoms with Crippen LogP contribution in [-0.4, -0.2) is 0 Å². The Hall–Kier alpha value is -7.56. The number of furan rings is 2. The first kappa shape index (κ1) is 31.9. The molecule has 2 heterocycles. The van der Waals surface area contributed by atoms with E-state index in [1.165, 1.54) is 5.39 Å². The third-order valence-electron chi connectivity index (χ3n) is 10.9. The molecule has 0 saturated heterocycles. The standard InChI is InChI=1S/C52H34N2O2/c1-3-15-36(16-4-1)53(47-25-13-23-44-42-21-9-11-27-49(42)55-51(44)47)38-31-29-35(30-32-38)39-33-34-46(41-20-8-7-19-40(39)41)54(37-17-5-2-6-18-37)48-26-14-24-45-43-22-10-12-28-50(43)56-52(45)48/h1-34H. The van der Waals surface area contributed by atoms with E-state index in [0.29, 0.717) is 0 Å². The first-order chi connectivity index (χ1) is 27.8. The summed E-state index contributed by atoms with van der Waals surface area (Å²) in [5.74, 6) is 0. The summed E-state index contributed by atoms with van der Waals surface area (Å²) >= 11 is 0. The van der Waals surface area contributed by atoms with Crippen molar-refractivity contribution in [1.82, 2.24) is 0 Å². The number of anilines is 6. The normalized spacial score (nSPS) is 11.6. The molecule has 264 valence electrons. The Morgan fingerprint density at radius 2 is 0.714 bits per heavy atom. The molecular formula is C52H34N2O2. The van der Waals surface area contributed by atoms with Crippen molar-refractivity contribution in [2.24, 2.45) is 0 Å². The van der Waals surface area contributed by atoms with Crippen molar-refractivity contribution in [3.8, 4) is 11.1 Å². The van der Waals surface area contributed by atoms with Crippen LogP contribution in [0.3, 0.4) is 0 Å². The highest BCUT2D eigenvalue weighted by Gasteiger charge is 2.23. The molecule has 0 N–H and O–H groups in total.